The van der Waals surface area contributed by atoms with E-state index in [1.54, 1.807) is 35.8 Å². The van der Waals surface area contributed by atoms with Crippen molar-refractivity contribution in [2.24, 2.45) is 4.99 Å². The molecule has 0 amide bonds. The topological polar surface area (TPSA) is 74.8 Å². The third-order valence-electron chi connectivity index (χ3n) is 5.26. The molecule has 0 aliphatic heterocycles. The summed E-state index contributed by atoms with van der Waals surface area (Å²) in [5.41, 5.74) is 4.78. The van der Waals surface area contributed by atoms with E-state index in [9.17, 15) is 15.0 Å². The normalized spacial score (nSPS) is 13.8. The standard InChI is InChI=1S/C22H22N2O3S/c1-13-11-15(12-23-17-8-4-5-9-18(17)25)14(2)24(13)21-20(22(26)27)16-7-3-6-10-19(16)28-21/h4-5,8-9,11-12,25H,3,6-7,10H2,1-2H3,(H,26,27). The highest BCUT2D eigenvalue weighted by Crippen LogP contribution is 2.38. The molecule has 1 aliphatic carbocycles. The number of phenolic OH excluding ortho intramolecular Hbond substituents is 1. The number of nitrogens with zero attached hydrogens (tertiary/aromatic N) is 2. The van der Waals surface area contributed by atoms with Crippen molar-refractivity contribution < 1.29 is 15.0 Å². The SMILES string of the molecule is Cc1cc(C=Nc2ccccc2O)c(C)n1-c1sc2c(c1C(=O)O)CCCC2. The summed E-state index contributed by atoms with van der Waals surface area (Å²) in [4.78, 5) is 17.7. The summed E-state index contributed by atoms with van der Waals surface area (Å²) >= 11 is 1.60. The average Bonchev–Trinajstić information content (AvgIpc) is 3.17. The second kappa shape index (κ2) is 7.28. The highest BCUT2D eigenvalue weighted by molar-refractivity contribution is 7.15. The number of rotatable bonds is 4. The summed E-state index contributed by atoms with van der Waals surface area (Å²) < 4.78 is 2.03. The highest BCUT2D eigenvalue weighted by Gasteiger charge is 2.27. The molecule has 2 N–H and O–H groups in total. The Hall–Kier alpha value is -2.86. The first-order valence-electron chi connectivity index (χ1n) is 9.36. The zero-order valence-corrected chi connectivity index (χ0v) is 16.7. The molecular weight excluding hydrogens is 372 g/mol. The van der Waals surface area contributed by atoms with Crippen molar-refractivity contribution in [3.05, 3.63) is 63.3 Å². The van der Waals surface area contributed by atoms with Crippen LogP contribution in [0.1, 0.15) is 50.6 Å². The monoisotopic (exact) mass is 394 g/mol. The maximum absolute atomic E-state index is 12.0. The van der Waals surface area contributed by atoms with Crippen molar-refractivity contribution in [1.29, 1.82) is 0 Å². The Morgan fingerprint density at radius 2 is 1.96 bits per heavy atom. The van der Waals surface area contributed by atoms with Gasteiger partial charge in [0.25, 0.3) is 0 Å². The van der Waals surface area contributed by atoms with E-state index in [0.29, 0.717) is 11.3 Å². The Balaban J connectivity index is 1.80. The van der Waals surface area contributed by atoms with Crippen LogP contribution in [0.4, 0.5) is 5.69 Å². The van der Waals surface area contributed by atoms with Gasteiger partial charge in [0.15, 0.2) is 0 Å². The van der Waals surface area contributed by atoms with Crippen LogP contribution in [0.25, 0.3) is 5.00 Å². The summed E-state index contributed by atoms with van der Waals surface area (Å²) in [5.74, 6) is -0.724. The Bertz CT molecular complexity index is 1090. The number of hydrogen-bond acceptors (Lipinski definition) is 4. The number of carboxylic acid groups (broad SMARTS) is 1. The van der Waals surface area contributed by atoms with Gasteiger partial charge in [-0.1, -0.05) is 12.1 Å². The van der Waals surface area contributed by atoms with E-state index in [2.05, 4.69) is 4.99 Å². The number of thiophene rings is 1. The zero-order valence-electron chi connectivity index (χ0n) is 15.9. The predicted molar refractivity (Wildman–Crippen MR) is 112 cm³/mol. The number of aromatic hydroxyl groups is 1. The molecule has 4 rings (SSSR count). The number of fused-ring (bicyclic) bond motifs is 1. The Kier molecular flexibility index (Phi) is 4.81. The van der Waals surface area contributed by atoms with Gasteiger partial charge >= 0.3 is 5.97 Å². The number of aromatic carboxylic acids is 1. The van der Waals surface area contributed by atoms with E-state index in [1.165, 1.54) is 4.88 Å². The van der Waals surface area contributed by atoms with E-state index >= 15 is 0 Å². The number of aliphatic imine (C=N–C) groups is 1. The van der Waals surface area contributed by atoms with Gasteiger partial charge < -0.3 is 14.8 Å². The molecule has 0 fully saturated rings. The lowest BCUT2D eigenvalue weighted by atomic mass is 9.95. The average molecular weight is 394 g/mol. The lowest BCUT2D eigenvalue weighted by molar-refractivity contribution is 0.0696. The molecule has 28 heavy (non-hydrogen) atoms. The van der Waals surface area contributed by atoms with Gasteiger partial charge in [0, 0.05) is 28.0 Å². The molecule has 0 radical (unpaired) electrons. The molecule has 144 valence electrons. The molecule has 2 aromatic heterocycles. The minimum Gasteiger partial charge on any atom is -0.506 e. The summed E-state index contributed by atoms with van der Waals surface area (Å²) in [6.45, 7) is 3.96. The van der Waals surface area contributed by atoms with E-state index < -0.39 is 5.97 Å². The summed E-state index contributed by atoms with van der Waals surface area (Å²) in [7, 11) is 0. The van der Waals surface area contributed by atoms with Gasteiger partial charge in [-0.3, -0.25) is 4.99 Å². The number of phenols is 1. The van der Waals surface area contributed by atoms with Crippen LogP contribution in [0, 0.1) is 13.8 Å². The second-order valence-electron chi connectivity index (χ2n) is 7.10. The molecular formula is C22H22N2O3S. The second-order valence-corrected chi connectivity index (χ2v) is 8.19. The fraction of sp³-hybridized carbons (Fsp3) is 0.273. The van der Waals surface area contributed by atoms with Crippen LogP contribution in [0.15, 0.2) is 35.3 Å². The van der Waals surface area contributed by atoms with Gasteiger partial charge in [0.2, 0.25) is 0 Å². The molecule has 0 bridgehead atoms. The van der Waals surface area contributed by atoms with E-state index in [4.69, 9.17) is 0 Å². The van der Waals surface area contributed by atoms with Gasteiger partial charge in [0.1, 0.15) is 16.4 Å². The van der Waals surface area contributed by atoms with Crippen molar-refractivity contribution in [1.82, 2.24) is 4.57 Å². The van der Waals surface area contributed by atoms with Crippen LogP contribution >= 0.6 is 11.3 Å². The fourth-order valence-electron chi connectivity index (χ4n) is 3.87. The summed E-state index contributed by atoms with van der Waals surface area (Å²) in [6.07, 6.45) is 5.69. The van der Waals surface area contributed by atoms with Gasteiger partial charge in [-0.2, -0.15) is 0 Å². The number of para-hydroxylation sites is 2. The number of aryl methyl sites for hydroxylation is 2. The van der Waals surface area contributed by atoms with Crippen molar-refractivity contribution in [3.63, 3.8) is 0 Å². The maximum Gasteiger partial charge on any atom is 0.339 e. The van der Waals surface area contributed by atoms with Crippen LogP contribution in [-0.4, -0.2) is 27.0 Å². The molecule has 1 aromatic carbocycles. The predicted octanol–water partition coefficient (Wildman–Crippen LogP) is 5.19. The van der Waals surface area contributed by atoms with E-state index in [-0.39, 0.29) is 5.75 Å². The van der Waals surface area contributed by atoms with Gasteiger partial charge in [-0.05, 0) is 63.3 Å². The van der Waals surface area contributed by atoms with Crippen molar-refractivity contribution in [2.45, 2.75) is 39.5 Å². The molecule has 6 heteroatoms. The minimum atomic E-state index is -0.855. The van der Waals surface area contributed by atoms with E-state index in [1.807, 2.05) is 30.5 Å². The number of carboxylic acids is 1. The summed E-state index contributed by atoms with van der Waals surface area (Å²) in [5, 5.41) is 20.6. The Labute approximate surface area is 167 Å². The first-order valence-corrected chi connectivity index (χ1v) is 10.2. The molecule has 1 aliphatic rings. The van der Waals surface area contributed by atoms with Crippen LogP contribution in [0.5, 0.6) is 5.75 Å². The third-order valence-corrected chi connectivity index (χ3v) is 6.54. The molecule has 2 heterocycles. The first-order chi connectivity index (χ1) is 13.5. The van der Waals surface area contributed by atoms with Crippen LogP contribution in [0.3, 0.4) is 0 Å². The maximum atomic E-state index is 12.0. The number of benzene rings is 1. The number of carbonyl (C=O) groups is 1. The molecule has 0 saturated carbocycles. The third kappa shape index (κ3) is 3.14. The number of hydrogen-bond donors (Lipinski definition) is 2. The number of aromatic nitrogens is 1. The van der Waals surface area contributed by atoms with Gasteiger partial charge in [0.05, 0.1) is 5.56 Å². The molecule has 0 saturated heterocycles. The van der Waals surface area contributed by atoms with Crippen LogP contribution < -0.4 is 0 Å². The van der Waals surface area contributed by atoms with Gasteiger partial charge in [-0.25, -0.2) is 4.79 Å². The molecule has 5 nitrogen and oxygen atoms in total. The highest BCUT2D eigenvalue weighted by atomic mass is 32.1. The van der Waals surface area contributed by atoms with Crippen LogP contribution in [-0.2, 0) is 12.8 Å². The molecule has 0 unspecified atom stereocenters. The van der Waals surface area contributed by atoms with Crippen LogP contribution in [0.2, 0.25) is 0 Å². The summed E-state index contributed by atoms with van der Waals surface area (Å²) in [6, 6.07) is 8.94. The fourth-order valence-corrected chi connectivity index (χ4v) is 5.36. The molecule has 0 spiro atoms. The Morgan fingerprint density at radius 1 is 1.21 bits per heavy atom. The van der Waals surface area contributed by atoms with E-state index in [0.717, 1.165) is 53.2 Å². The lowest BCUT2D eigenvalue weighted by Gasteiger charge is -2.11. The van der Waals surface area contributed by atoms with Crippen molar-refractivity contribution in [2.75, 3.05) is 0 Å². The largest absolute Gasteiger partial charge is 0.506 e. The van der Waals surface area contributed by atoms with Crippen molar-refractivity contribution in [3.8, 4) is 10.8 Å². The first kappa shape index (κ1) is 18.5. The lowest BCUT2D eigenvalue weighted by Crippen LogP contribution is -2.09. The molecule has 3 aromatic rings. The molecule has 0 atom stereocenters. The smallest absolute Gasteiger partial charge is 0.339 e. The minimum absolute atomic E-state index is 0.131. The zero-order chi connectivity index (χ0) is 19.8. The van der Waals surface area contributed by atoms with Crippen molar-refractivity contribution >= 4 is 29.2 Å². The Morgan fingerprint density at radius 3 is 2.71 bits per heavy atom. The van der Waals surface area contributed by atoms with Gasteiger partial charge in [-0.15, -0.1) is 11.3 Å². The quantitative estimate of drug-likeness (QED) is 0.598.